The molecule has 1 amide bonds. The van der Waals surface area contributed by atoms with Gasteiger partial charge in [-0.1, -0.05) is 11.6 Å². The molecule has 0 radical (unpaired) electrons. The van der Waals surface area contributed by atoms with Gasteiger partial charge in [-0.3, -0.25) is 14.7 Å². The molecule has 3 rings (SSSR count). The van der Waals surface area contributed by atoms with Crippen LogP contribution >= 0.6 is 11.6 Å². The molecule has 3 aromatic rings. The molecule has 0 aliphatic heterocycles. The Hall–Kier alpha value is -3.00. The lowest BCUT2D eigenvalue weighted by Crippen LogP contribution is -2.27. The summed E-state index contributed by atoms with van der Waals surface area (Å²) < 4.78 is 35.4. The summed E-state index contributed by atoms with van der Waals surface area (Å²) in [7, 11) is 0. The van der Waals surface area contributed by atoms with Crippen molar-refractivity contribution in [1.29, 1.82) is 0 Å². The molecule has 0 bridgehead atoms. The first-order valence-electron chi connectivity index (χ1n) is 8.64. The highest BCUT2D eigenvalue weighted by Crippen LogP contribution is 2.27. The average Bonchev–Trinajstić information content (AvgIpc) is 2.56. The van der Waals surface area contributed by atoms with E-state index in [1.165, 1.54) is 22.8 Å². The number of ether oxygens (including phenoxy) is 1. The summed E-state index contributed by atoms with van der Waals surface area (Å²) in [5.74, 6) is -1.89. The minimum atomic E-state index is -0.980. The molecule has 29 heavy (non-hydrogen) atoms. The van der Waals surface area contributed by atoms with Crippen LogP contribution in [0.2, 0.25) is 5.15 Å². The fourth-order valence-electron chi connectivity index (χ4n) is 2.81. The fraction of sp³-hybridized carbons (Fsp3) is 0.250. The van der Waals surface area contributed by atoms with Crippen molar-refractivity contribution in [3.05, 3.63) is 63.0 Å². The normalized spacial score (nSPS) is 11.6. The number of halogens is 3. The molecule has 2 heterocycles. The van der Waals surface area contributed by atoms with Gasteiger partial charge in [0.05, 0.1) is 16.8 Å². The molecular formula is C20H18ClF2N3O3. The second-order valence-electron chi connectivity index (χ2n) is 7.40. The first-order valence-corrected chi connectivity index (χ1v) is 9.02. The van der Waals surface area contributed by atoms with Gasteiger partial charge < -0.3 is 4.74 Å². The van der Waals surface area contributed by atoms with Crippen LogP contribution in [0.5, 0.6) is 0 Å². The summed E-state index contributed by atoms with van der Waals surface area (Å²) in [6.45, 7) is 6.55. The molecule has 0 aliphatic rings. The molecule has 6 nitrogen and oxygen atoms in total. The summed E-state index contributed by atoms with van der Waals surface area (Å²) >= 11 is 5.96. The van der Waals surface area contributed by atoms with Crippen molar-refractivity contribution in [2.75, 3.05) is 5.32 Å². The van der Waals surface area contributed by atoms with Crippen LogP contribution in [0.3, 0.4) is 0 Å². The number of hydrogen-bond acceptors (Lipinski definition) is 4. The van der Waals surface area contributed by atoms with E-state index in [2.05, 4.69) is 10.3 Å². The zero-order valence-electron chi connectivity index (χ0n) is 16.1. The summed E-state index contributed by atoms with van der Waals surface area (Å²) in [5.41, 5.74) is -1.05. The number of aryl methyl sites for hydroxylation is 1. The Morgan fingerprint density at radius 2 is 1.86 bits per heavy atom. The number of rotatable bonds is 2. The number of benzene rings is 1. The fourth-order valence-corrected chi connectivity index (χ4v) is 2.95. The lowest BCUT2D eigenvalue weighted by Gasteiger charge is -2.20. The van der Waals surface area contributed by atoms with E-state index in [-0.39, 0.29) is 33.0 Å². The number of carbonyl (C=O) groups is 1. The summed E-state index contributed by atoms with van der Waals surface area (Å²) in [6.07, 6.45) is -0.892. The number of fused-ring (bicyclic) bond motifs is 1. The lowest BCUT2D eigenvalue weighted by molar-refractivity contribution is 0.0635. The highest BCUT2D eigenvalue weighted by atomic mass is 35.5. The second kappa shape index (κ2) is 7.44. The Bertz CT molecular complexity index is 1190. The molecule has 9 heteroatoms. The van der Waals surface area contributed by atoms with E-state index < -0.39 is 23.3 Å². The SMILES string of the molecule is Cc1cc(=O)c2ccc(Cl)nc2n1-c1cc(NC(=O)OC(C)(C)C)c(F)cc1F. The van der Waals surface area contributed by atoms with E-state index in [4.69, 9.17) is 16.3 Å². The van der Waals surface area contributed by atoms with Crippen LogP contribution in [0, 0.1) is 18.6 Å². The number of carbonyl (C=O) groups excluding carboxylic acids is 1. The van der Waals surface area contributed by atoms with Gasteiger partial charge in [0.1, 0.15) is 28.0 Å². The van der Waals surface area contributed by atoms with Gasteiger partial charge in [0.2, 0.25) is 0 Å². The number of nitrogens with zero attached hydrogens (tertiary/aromatic N) is 2. The van der Waals surface area contributed by atoms with Gasteiger partial charge in [-0.15, -0.1) is 0 Å². The van der Waals surface area contributed by atoms with E-state index in [1.807, 2.05) is 0 Å². The molecule has 152 valence electrons. The van der Waals surface area contributed by atoms with Crippen molar-refractivity contribution >= 4 is 34.4 Å². The maximum absolute atomic E-state index is 14.7. The van der Waals surface area contributed by atoms with E-state index in [0.717, 1.165) is 6.07 Å². The molecule has 2 aromatic heterocycles. The predicted molar refractivity (Wildman–Crippen MR) is 107 cm³/mol. The monoisotopic (exact) mass is 421 g/mol. The number of nitrogens with one attached hydrogen (secondary N) is 1. The number of anilines is 1. The topological polar surface area (TPSA) is 73.2 Å². The second-order valence-corrected chi connectivity index (χ2v) is 7.79. The lowest BCUT2D eigenvalue weighted by atomic mass is 10.2. The van der Waals surface area contributed by atoms with Crippen LogP contribution < -0.4 is 10.7 Å². The minimum Gasteiger partial charge on any atom is -0.444 e. The summed E-state index contributed by atoms with van der Waals surface area (Å²) in [4.78, 5) is 28.4. The van der Waals surface area contributed by atoms with Gasteiger partial charge >= 0.3 is 6.09 Å². The van der Waals surface area contributed by atoms with Crippen molar-refractivity contribution < 1.29 is 18.3 Å². The summed E-state index contributed by atoms with van der Waals surface area (Å²) in [5, 5.41) is 2.59. The Labute approximate surface area is 170 Å². The van der Waals surface area contributed by atoms with E-state index >= 15 is 0 Å². The molecule has 0 unspecified atom stereocenters. The van der Waals surface area contributed by atoms with Crippen molar-refractivity contribution in [2.45, 2.75) is 33.3 Å². The van der Waals surface area contributed by atoms with Crippen LogP contribution in [0.4, 0.5) is 19.3 Å². The van der Waals surface area contributed by atoms with Gasteiger partial charge in [-0.25, -0.2) is 18.6 Å². The maximum atomic E-state index is 14.7. The number of pyridine rings is 2. The number of amides is 1. The minimum absolute atomic E-state index is 0.103. The first-order chi connectivity index (χ1) is 13.5. The van der Waals surface area contributed by atoms with Gasteiger partial charge in [-0.2, -0.15) is 0 Å². The standard InChI is InChI=1S/C20H18ClF2N3O3/c1-10-7-16(27)11-5-6-17(21)25-18(11)26(10)15-9-14(12(22)8-13(15)23)24-19(28)29-20(2,3)4/h5-9H,1-4H3,(H,24,28). The molecule has 0 fully saturated rings. The summed E-state index contributed by atoms with van der Waals surface area (Å²) in [6, 6.07) is 5.97. The number of hydrogen-bond donors (Lipinski definition) is 1. The Kier molecular flexibility index (Phi) is 5.32. The molecule has 1 aromatic carbocycles. The van der Waals surface area contributed by atoms with Crippen LogP contribution in [0.25, 0.3) is 16.7 Å². The number of aromatic nitrogens is 2. The third-order valence-corrected chi connectivity index (χ3v) is 4.13. The zero-order chi connectivity index (χ0) is 21.5. The Morgan fingerprint density at radius 1 is 1.17 bits per heavy atom. The Morgan fingerprint density at radius 3 is 2.52 bits per heavy atom. The highest BCUT2D eigenvalue weighted by molar-refractivity contribution is 6.29. The van der Waals surface area contributed by atoms with Crippen LogP contribution in [-0.2, 0) is 4.74 Å². The largest absolute Gasteiger partial charge is 0.444 e. The molecule has 1 N–H and O–H groups in total. The average molecular weight is 422 g/mol. The van der Waals surface area contributed by atoms with Crippen molar-refractivity contribution in [3.63, 3.8) is 0 Å². The molecule has 0 aliphatic carbocycles. The first kappa shape index (κ1) is 20.7. The van der Waals surface area contributed by atoms with Crippen LogP contribution in [0.15, 0.2) is 35.1 Å². The highest BCUT2D eigenvalue weighted by Gasteiger charge is 2.20. The van der Waals surface area contributed by atoms with E-state index in [0.29, 0.717) is 11.8 Å². The van der Waals surface area contributed by atoms with Gasteiger partial charge in [0, 0.05) is 17.8 Å². The molecule has 0 atom stereocenters. The van der Waals surface area contributed by atoms with Crippen LogP contribution in [0.1, 0.15) is 26.5 Å². The van der Waals surface area contributed by atoms with E-state index in [1.54, 1.807) is 27.7 Å². The quantitative estimate of drug-likeness (QED) is 0.593. The third kappa shape index (κ3) is 4.37. The zero-order valence-corrected chi connectivity index (χ0v) is 16.9. The molecular weight excluding hydrogens is 404 g/mol. The predicted octanol–water partition coefficient (Wildman–Crippen LogP) is 4.97. The molecule has 0 saturated carbocycles. The van der Waals surface area contributed by atoms with Gasteiger partial charge in [0.25, 0.3) is 0 Å². The smallest absolute Gasteiger partial charge is 0.412 e. The van der Waals surface area contributed by atoms with Crippen molar-refractivity contribution in [2.24, 2.45) is 0 Å². The molecule has 0 saturated heterocycles. The van der Waals surface area contributed by atoms with Crippen LogP contribution in [-0.4, -0.2) is 21.2 Å². The van der Waals surface area contributed by atoms with Gasteiger partial charge in [-0.05, 0) is 45.9 Å². The van der Waals surface area contributed by atoms with E-state index in [9.17, 15) is 18.4 Å². The van der Waals surface area contributed by atoms with Gasteiger partial charge in [0.15, 0.2) is 5.43 Å². The third-order valence-electron chi connectivity index (χ3n) is 3.92. The molecule has 0 spiro atoms. The maximum Gasteiger partial charge on any atom is 0.412 e. The van der Waals surface area contributed by atoms with Crippen molar-refractivity contribution in [1.82, 2.24) is 9.55 Å². The van der Waals surface area contributed by atoms with Crippen molar-refractivity contribution in [3.8, 4) is 5.69 Å². The Balaban J connectivity index is 2.19.